The van der Waals surface area contributed by atoms with E-state index in [9.17, 15) is 19.2 Å². The average molecular weight is 626 g/mol. The third-order valence-corrected chi connectivity index (χ3v) is 8.37. The molecule has 14 heteroatoms. The molecule has 1 atom stereocenters. The van der Waals surface area contributed by atoms with Crippen LogP contribution in [0.2, 0.25) is 0 Å². The summed E-state index contributed by atoms with van der Waals surface area (Å²) in [5, 5.41) is 14.1. The number of nitrogens with one attached hydrogen (secondary N) is 2. The molecule has 4 aromatic rings. The van der Waals surface area contributed by atoms with E-state index in [0.29, 0.717) is 23.1 Å². The van der Waals surface area contributed by atoms with Crippen LogP contribution in [0.1, 0.15) is 68.3 Å². The number of hydrogen-bond donors (Lipinski definition) is 2. The van der Waals surface area contributed by atoms with Gasteiger partial charge < -0.3 is 29.1 Å². The molecule has 0 aliphatic carbocycles. The molecule has 0 aliphatic rings. The number of ether oxygens (including phenoxy) is 2. The molecule has 3 heterocycles. The third kappa shape index (κ3) is 7.70. The van der Waals surface area contributed by atoms with E-state index in [-0.39, 0.29) is 41.0 Å². The number of hydrogen-bond acceptors (Lipinski definition) is 11. The smallest absolute Gasteiger partial charge is 0.348 e. The number of thiophene rings is 1. The van der Waals surface area contributed by atoms with E-state index >= 15 is 0 Å². The number of carbonyl (C=O) groups is 4. The Hall–Kier alpha value is -4.43. The fourth-order valence-electron chi connectivity index (χ4n) is 3.98. The van der Waals surface area contributed by atoms with Crippen LogP contribution in [0.5, 0.6) is 0 Å². The first-order valence-electron chi connectivity index (χ1n) is 13.5. The van der Waals surface area contributed by atoms with Crippen molar-refractivity contribution in [2.45, 2.75) is 51.2 Å². The molecular weight excluding hydrogens is 594 g/mol. The van der Waals surface area contributed by atoms with Gasteiger partial charge in [0.1, 0.15) is 9.88 Å². The first-order valence-corrected chi connectivity index (χ1v) is 15.2. The summed E-state index contributed by atoms with van der Waals surface area (Å²) in [5.74, 6) is -1.39. The highest BCUT2D eigenvalue weighted by atomic mass is 32.2. The zero-order chi connectivity index (χ0) is 30.9. The predicted octanol–water partition coefficient (Wildman–Crippen LogP) is 4.69. The van der Waals surface area contributed by atoms with Gasteiger partial charge in [-0.2, -0.15) is 0 Å². The monoisotopic (exact) mass is 625 g/mol. The Bertz CT molecular complexity index is 1580. The lowest BCUT2D eigenvalue weighted by molar-refractivity contribution is -0.115. The van der Waals surface area contributed by atoms with Crippen molar-refractivity contribution in [3.8, 4) is 0 Å². The Morgan fingerprint density at radius 1 is 1.02 bits per heavy atom. The van der Waals surface area contributed by atoms with Gasteiger partial charge in [0.2, 0.25) is 5.91 Å². The molecule has 226 valence electrons. The molecule has 0 aliphatic heterocycles. The summed E-state index contributed by atoms with van der Waals surface area (Å²) in [6.45, 7) is 7.43. The van der Waals surface area contributed by atoms with Crippen molar-refractivity contribution in [3.63, 3.8) is 0 Å². The van der Waals surface area contributed by atoms with Gasteiger partial charge in [0.05, 0.1) is 43.4 Å². The summed E-state index contributed by atoms with van der Waals surface area (Å²) >= 11 is 2.12. The molecule has 3 aromatic heterocycles. The highest BCUT2D eigenvalue weighted by Crippen LogP contribution is 2.35. The second kappa shape index (κ2) is 14.6. The fraction of sp³-hybridized carbons (Fsp3) is 0.310. The number of benzene rings is 1. The maximum Gasteiger partial charge on any atom is 0.348 e. The van der Waals surface area contributed by atoms with Crippen LogP contribution in [0.25, 0.3) is 0 Å². The minimum absolute atomic E-state index is 0.0779. The normalized spacial score (nSPS) is 11.5. The summed E-state index contributed by atoms with van der Waals surface area (Å²) in [7, 11) is 0. The van der Waals surface area contributed by atoms with Gasteiger partial charge in [-0.3, -0.25) is 9.59 Å². The Kier molecular flexibility index (Phi) is 10.7. The summed E-state index contributed by atoms with van der Waals surface area (Å²) in [6, 6.07) is 12.8. The van der Waals surface area contributed by atoms with Crippen molar-refractivity contribution in [3.05, 3.63) is 81.9 Å². The molecule has 0 unspecified atom stereocenters. The zero-order valence-electron chi connectivity index (χ0n) is 24.0. The van der Waals surface area contributed by atoms with Gasteiger partial charge >= 0.3 is 11.9 Å². The van der Waals surface area contributed by atoms with Crippen LogP contribution >= 0.6 is 23.1 Å². The van der Waals surface area contributed by atoms with Crippen molar-refractivity contribution in [1.29, 1.82) is 0 Å². The van der Waals surface area contributed by atoms with Gasteiger partial charge in [0.15, 0.2) is 16.7 Å². The standard InChI is InChI=1S/C29H31N5O7S2/c1-5-39-27(37)22-17(3)23(28(38)40-6-2)43-26(22)31-24(35)18(4)42-29-33-32-21(15-30-25(36)20-13-10-14-41-20)34(29)16-19-11-8-7-9-12-19/h7-14,18H,5-6,15-16H2,1-4H3,(H,30,36)(H,31,35)/t18-/m1/s1. The number of furan rings is 1. The number of amides is 2. The highest BCUT2D eigenvalue weighted by Gasteiger charge is 2.29. The van der Waals surface area contributed by atoms with Crippen LogP contribution in [0.4, 0.5) is 5.00 Å². The highest BCUT2D eigenvalue weighted by molar-refractivity contribution is 8.00. The zero-order valence-corrected chi connectivity index (χ0v) is 25.7. The predicted molar refractivity (Wildman–Crippen MR) is 160 cm³/mol. The van der Waals surface area contributed by atoms with E-state index < -0.39 is 29.0 Å². The first-order chi connectivity index (χ1) is 20.7. The molecule has 0 saturated carbocycles. The Morgan fingerprint density at radius 2 is 1.74 bits per heavy atom. The number of nitrogens with zero attached hydrogens (tertiary/aromatic N) is 3. The molecule has 1 aromatic carbocycles. The average Bonchev–Trinajstić information content (AvgIpc) is 3.73. The summed E-state index contributed by atoms with van der Waals surface area (Å²) < 4.78 is 17.3. The van der Waals surface area contributed by atoms with Crippen LogP contribution < -0.4 is 10.6 Å². The number of thioether (sulfide) groups is 1. The van der Waals surface area contributed by atoms with Gasteiger partial charge in [-0.1, -0.05) is 42.1 Å². The summed E-state index contributed by atoms with van der Waals surface area (Å²) in [5.41, 5.74) is 1.46. The number of anilines is 1. The third-order valence-electron chi connectivity index (χ3n) is 6.10. The second-order valence-corrected chi connectivity index (χ2v) is 11.4. The number of rotatable bonds is 13. The van der Waals surface area contributed by atoms with Gasteiger partial charge in [0.25, 0.3) is 5.91 Å². The number of aromatic nitrogens is 3. The Labute approximate surface area is 256 Å². The molecule has 2 N–H and O–H groups in total. The van der Waals surface area contributed by atoms with E-state index in [2.05, 4.69) is 20.8 Å². The van der Waals surface area contributed by atoms with Gasteiger partial charge in [-0.25, -0.2) is 9.59 Å². The SMILES string of the molecule is CCOC(=O)c1sc(NC(=O)[C@@H](C)Sc2nnc(CNC(=O)c3ccco3)n2Cc2ccccc2)c(C(=O)OCC)c1C. The number of carbonyl (C=O) groups excluding carboxylic acids is 4. The van der Waals surface area contributed by atoms with Crippen LogP contribution in [0.15, 0.2) is 58.3 Å². The largest absolute Gasteiger partial charge is 0.462 e. The molecule has 2 amide bonds. The lowest BCUT2D eigenvalue weighted by Crippen LogP contribution is -2.25. The van der Waals surface area contributed by atoms with E-state index in [0.717, 1.165) is 28.7 Å². The van der Waals surface area contributed by atoms with E-state index in [1.165, 1.54) is 6.26 Å². The fourth-order valence-corrected chi connectivity index (χ4v) is 5.94. The Morgan fingerprint density at radius 3 is 2.42 bits per heavy atom. The van der Waals surface area contributed by atoms with E-state index in [1.54, 1.807) is 39.8 Å². The van der Waals surface area contributed by atoms with Gasteiger partial charge in [0, 0.05) is 0 Å². The van der Waals surface area contributed by atoms with Gasteiger partial charge in [-0.15, -0.1) is 21.5 Å². The molecule has 0 radical (unpaired) electrons. The lowest BCUT2D eigenvalue weighted by Gasteiger charge is -2.14. The van der Waals surface area contributed by atoms with Gasteiger partial charge in [-0.05, 0) is 51.0 Å². The van der Waals surface area contributed by atoms with E-state index in [1.807, 2.05) is 34.9 Å². The van der Waals surface area contributed by atoms with Crippen molar-refractivity contribution < 1.29 is 33.1 Å². The van der Waals surface area contributed by atoms with Crippen LogP contribution in [0.3, 0.4) is 0 Å². The van der Waals surface area contributed by atoms with Crippen LogP contribution in [0, 0.1) is 6.92 Å². The maximum atomic E-state index is 13.4. The lowest BCUT2D eigenvalue weighted by atomic mass is 10.1. The maximum absolute atomic E-state index is 13.4. The molecule has 4 rings (SSSR count). The minimum Gasteiger partial charge on any atom is -0.462 e. The van der Waals surface area contributed by atoms with Crippen molar-refractivity contribution >= 4 is 51.9 Å². The van der Waals surface area contributed by atoms with E-state index in [4.69, 9.17) is 13.9 Å². The molecule has 43 heavy (non-hydrogen) atoms. The quantitative estimate of drug-likeness (QED) is 0.158. The summed E-state index contributed by atoms with van der Waals surface area (Å²) in [4.78, 5) is 51.3. The number of esters is 2. The Balaban J connectivity index is 1.55. The first kappa shape index (κ1) is 31.5. The van der Waals surface area contributed by atoms with Crippen LogP contribution in [-0.2, 0) is 27.4 Å². The van der Waals surface area contributed by atoms with Crippen molar-refractivity contribution in [2.75, 3.05) is 18.5 Å². The molecule has 0 fully saturated rings. The molecular formula is C29H31N5O7S2. The molecule has 12 nitrogen and oxygen atoms in total. The van der Waals surface area contributed by atoms with Crippen molar-refractivity contribution in [2.24, 2.45) is 0 Å². The van der Waals surface area contributed by atoms with Crippen molar-refractivity contribution in [1.82, 2.24) is 20.1 Å². The van der Waals surface area contributed by atoms with Crippen LogP contribution in [-0.4, -0.2) is 57.0 Å². The molecule has 0 spiro atoms. The topological polar surface area (TPSA) is 155 Å². The molecule has 0 saturated heterocycles. The summed E-state index contributed by atoms with van der Waals surface area (Å²) in [6.07, 6.45) is 1.42. The second-order valence-electron chi connectivity index (χ2n) is 9.08. The molecule has 0 bridgehead atoms. The minimum atomic E-state index is -0.687.